The Balaban J connectivity index is 2.00. The molecule has 0 fully saturated rings. The van der Waals surface area contributed by atoms with Gasteiger partial charge in [-0.1, -0.05) is 5.16 Å². The largest absolute Gasteiger partial charge is 0.336 e. The summed E-state index contributed by atoms with van der Waals surface area (Å²) in [6.07, 6.45) is 1.21. The average Bonchev–Trinajstić information content (AvgIpc) is 2.79. The number of anilines is 1. The van der Waals surface area contributed by atoms with Gasteiger partial charge in [-0.3, -0.25) is 4.72 Å². The molecule has 0 aliphatic rings. The first kappa shape index (κ1) is 14.4. The van der Waals surface area contributed by atoms with Crippen LogP contribution in [-0.4, -0.2) is 18.6 Å². The quantitative estimate of drug-likeness (QED) is 0.800. The number of nitrogens with one attached hydrogen (secondary N) is 1. The molecule has 0 radical (unpaired) electrons. The first-order valence-corrected chi connectivity index (χ1v) is 7.55. The molecule has 0 spiro atoms. The zero-order valence-corrected chi connectivity index (χ0v) is 12.0. The van der Waals surface area contributed by atoms with Crippen LogP contribution < -0.4 is 4.72 Å². The molecule has 2 aromatic heterocycles. The van der Waals surface area contributed by atoms with E-state index in [1.54, 1.807) is 6.92 Å². The highest BCUT2D eigenvalue weighted by Gasteiger charge is 2.20. The van der Waals surface area contributed by atoms with Crippen LogP contribution in [0.3, 0.4) is 0 Å². The Morgan fingerprint density at radius 3 is 2.73 bits per heavy atom. The second-order valence-electron chi connectivity index (χ2n) is 4.52. The molecule has 3 aromatic rings. The third-order valence-corrected chi connectivity index (χ3v) is 4.36. The molecule has 2 heterocycles. The summed E-state index contributed by atoms with van der Waals surface area (Å²) in [6, 6.07) is 3.68. The molecule has 9 heteroatoms. The number of halogens is 2. The summed E-state index contributed by atoms with van der Waals surface area (Å²) in [5, 5.41) is 4.23. The lowest BCUT2D eigenvalue weighted by atomic mass is 10.3. The van der Waals surface area contributed by atoms with E-state index < -0.39 is 26.6 Å². The standard InChI is InChI=1S/C13H9F2N3O3S/c1-7-10-5-9(6-16-13(10)21-17-7)18-22(19,20)12-3-2-8(14)4-11(12)15/h2-6,18H,1H3. The van der Waals surface area contributed by atoms with Crippen molar-refractivity contribution in [3.05, 3.63) is 47.8 Å². The molecule has 0 unspecified atom stereocenters. The van der Waals surface area contributed by atoms with Gasteiger partial charge in [0.1, 0.15) is 16.5 Å². The molecule has 22 heavy (non-hydrogen) atoms. The summed E-state index contributed by atoms with van der Waals surface area (Å²) in [5.41, 5.74) is 0.910. The number of aromatic nitrogens is 2. The number of fused-ring (bicyclic) bond motifs is 1. The highest BCUT2D eigenvalue weighted by atomic mass is 32.2. The number of nitrogens with zero attached hydrogens (tertiary/aromatic N) is 2. The number of hydrogen-bond acceptors (Lipinski definition) is 5. The summed E-state index contributed by atoms with van der Waals surface area (Å²) >= 11 is 0. The van der Waals surface area contributed by atoms with E-state index in [1.807, 2.05) is 0 Å². The average molecular weight is 325 g/mol. The van der Waals surface area contributed by atoms with Crippen molar-refractivity contribution in [2.45, 2.75) is 11.8 Å². The van der Waals surface area contributed by atoms with Crippen molar-refractivity contribution in [2.75, 3.05) is 4.72 Å². The van der Waals surface area contributed by atoms with Crippen LogP contribution in [0.2, 0.25) is 0 Å². The van der Waals surface area contributed by atoms with Crippen molar-refractivity contribution in [2.24, 2.45) is 0 Å². The second kappa shape index (κ2) is 5.02. The van der Waals surface area contributed by atoms with Gasteiger partial charge in [0.25, 0.3) is 15.7 Å². The SMILES string of the molecule is Cc1noc2ncc(NS(=O)(=O)c3ccc(F)cc3F)cc12. The van der Waals surface area contributed by atoms with Crippen LogP contribution in [0.5, 0.6) is 0 Å². The number of pyridine rings is 1. The summed E-state index contributed by atoms with van der Waals surface area (Å²) in [4.78, 5) is 3.25. The lowest BCUT2D eigenvalue weighted by molar-refractivity contribution is 0.443. The number of hydrogen-bond donors (Lipinski definition) is 1. The summed E-state index contributed by atoms with van der Waals surface area (Å²) < 4.78 is 57.9. The van der Waals surface area contributed by atoms with Crippen molar-refractivity contribution < 1.29 is 21.7 Å². The van der Waals surface area contributed by atoms with Gasteiger partial charge < -0.3 is 4.52 Å². The Kier molecular flexibility index (Phi) is 3.28. The van der Waals surface area contributed by atoms with Crippen molar-refractivity contribution >= 4 is 26.8 Å². The van der Waals surface area contributed by atoms with Crippen molar-refractivity contribution in [3.63, 3.8) is 0 Å². The van der Waals surface area contributed by atoms with Crippen molar-refractivity contribution in [3.8, 4) is 0 Å². The van der Waals surface area contributed by atoms with Gasteiger partial charge >= 0.3 is 0 Å². The Morgan fingerprint density at radius 1 is 1.23 bits per heavy atom. The predicted molar refractivity (Wildman–Crippen MR) is 73.7 cm³/mol. The van der Waals surface area contributed by atoms with E-state index in [9.17, 15) is 17.2 Å². The van der Waals surface area contributed by atoms with Gasteiger partial charge in [0.15, 0.2) is 0 Å². The van der Waals surface area contributed by atoms with Gasteiger partial charge in [-0.25, -0.2) is 22.2 Å². The van der Waals surface area contributed by atoms with E-state index >= 15 is 0 Å². The third-order valence-electron chi connectivity index (χ3n) is 2.95. The van der Waals surface area contributed by atoms with Crippen LogP contribution in [0.25, 0.3) is 11.1 Å². The van der Waals surface area contributed by atoms with Gasteiger partial charge in [-0.15, -0.1) is 0 Å². The van der Waals surface area contributed by atoms with E-state index in [4.69, 9.17) is 4.52 Å². The molecule has 1 N–H and O–H groups in total. The Bertz CT molecular complexity index is 970. The number of benzene rings is 1. The van der Waals surface area contributed by atoms with Gasteiger partial charge in [0.2, 0.25) is 0 Å². The molecule has 0 amide bonds. The summed E-state index contributed by atoms with van der Waals surface area (Å²) in [6.45, 7) is 1.67. The molecule has 3 rings (SSSR count). The Labute approximate surface area is 123 Å². The Morgan fingerprint density at radius 2 is 2.00 bits per heavy atom. The van der Waals surface area contributed by atoms with Crippen LogP contribution in [0.4, 0.5) is 14.5 Å². The predicted octanol–water partition coefficient (Wildman–Crippen LogP) is 2.61. The van der Waals surface area contributed by atoms with Gasteiger partial charge in [0.05, 0.1) is 23.0 Å². The zero-order valence-electron chi connectivity index (χ0n) is 11.2. The van der Waals surface area contributed by atoms with Crippen LogP contribution in [0.15, 0.2) is 39.9 Å². The summed E-state index contributed by atoms with van der Waals surface area (Å²) in [7, 11) is -4.21. The fourth-order valence-electron chi connectivity index (χ4n) is 1.90. The minimum atomic E-state index is -4.21. The van der Waals surface area contributed by atoms with Gasteiger partial charge in [0, 0.05) is 6.07 Å². The smallest absolute Gasteiger partial charge is 0.264 e. The van der Waals surface area contributed by atoms with Crippen molar-refractivity contribution in [1.29, 1.82) is 0 Å². The van der Waals surface area contributed by atoms with E-state index in [-0.39, 0.29) is 11.4 Å². The molecule has 0 bridgehead atoms. The van der Waals surface area contributed by atoms with Crippen LogP contribution in [0, 0.1) is 18.6 Å². The van der Waals surface area contributed by atoms with Gasteiger partial charge in [-0.2, -0.15) is 0 Å². The first-order valence-electron chi connectivity index (χ1n) is 6.07. The van der Waals surface area contributed by atoms with E-state index in [1.165, 1.54) is 12.3 Å². The fourth-order valence-corrected chi connectivity index (χ4v) is 3.00. The molecule has 0 aliphatic carbocycles. The minimum absolute atomic E-state index is 0.113. The number of sulfonamides is 1. The van der Waals surface area contributed by atoms with Crippen molar-refractivity contribution in [1.82, 2.24) is 10.1 Å². The topological polar surface area (TPSA) is 85.1 Å². The fraction of sp³-hybridized carbons (Fsp3) is 0.0769. The lowest BCUT2D eigenvalue weighted by Gasteiger charge is -2.08. The van der Waals surface area contributed by atoms with E-state index in [0.717, 1.165) is 12.1 Å². The molecule has 0 saturated heterocycles. The maximum absolute atomic E-state index is 13.6. The lowest BCUT2D eigenvalue weighted by Crippen LogP contribution is -2.14. The monoisotopic (exact) mass is 325 g/mol. The van der Waals surface area contributed by atoms with Gasteiger partial charge in [-0.05, 0) is 25.1 Å². The normalized spacial score (nSPS) is 11.8. The molecule has 6 nitrogen and oxygen atoms in total. The zero-order chi connectivity index (χ0) is 15.9. The highest BCUT2D eigenvalue weighted by Crippen LogP contribution is 2.23. The second-order valence-corrected chi connectivity index (χ2v) is 6.18. The Hall–Kier alpha value is -2.55. The van der Waals surface area contributed by atoms with Crippen LogP contribution in [-0.2, 0) is 10.0 Å². The molecular formula is C13H9F2N3O3S. The number of aryl methyl sites for hydroxylation is 1. The minimum Gasteiger partial charge on any atom is -0.336 e. The maximum atomic E-state index is 13.6. The molecule has 0 atom stereocenters. The molecular weight excluding hydrogens is 316 g/mol. The first-order chi connectivity index (χ1) is 10.4. The molecule has 0 aliphatic heterocycles. The third kappa shape index (κ3) is 2.50. The highest BCUT2D eigenvalue weighted by molar-refractivity contribution is 7.92. The van der Waals surface area contributed by atoms with E-state index in [2.05, 4.69) is 14.9 Å². The molecule has 1 aromatic carbocycles. The van der Waals surface area contributed by atoms with E-state index in [0.29, 0.717) is 17.1 Å². The van der Waals surface area contributed by atoms with Crippen LogP contribution >= 0.6 is 0 Å². The molecule has 0 saturated carbocycles. The van der Waals surface area contributed by atoms with Crippen LogP contribution in [0.1, 0.15) is 5.69 Å². The summed E-state index contributed by atoms with van der Waals surface area (Å²) in [5.74, 6) is -2.04. The number of rotatable bonds is 3. The molecule has 114 valence electrons. The maximum Gasteiger partial charge on any atom is 0.264 e.